The fraction of sp³-hybridized carbons (Fsp3) is 0.0667. The molecular formula is C15H12O7S. The van der Waals surface area contributed by atoms with Crippen LogP contribution in [-0.2, 0) is 10.1 Å². The van der Waals surface area contributed by atoms with Crippen LogP contribution in [0.15, 0.2) is 47.4 Å². The van der Waals surface area contributed by atoms with Crippen molar-refractivity contribution in [3.8, 4) is 5.75 Å². The molecule has 0 aromatic heterocycles. The molecule has 0 unspecified atom stereocenters. The van der Waals surface area contributed by atoms with Crippen LogP contribution in [0.3, 0.4) is 0 Å². The zero-order chi connectivity index (χ0) is 17.2. The van der Waals surface area contributed by atoms with Crippen molar-refractivity contribution < 1.29 is 32.4 Å². The van der Waals surface area contributed by atoms with Gasteiger partial charge in [0, 0.05) is 0 Å². The number of hydrogen-bond donors (Lipinski definition) is 2. The lowest BCUT2D eigenvalue weighted by molar-refractivity contribution is 0.0651. The molecule has 0 saturated carbocycles. The predicted octanol–water partition coefficient (Wildman–Crippen LogP) is 2.16. The van der Waals surface area contributed by atoms with Gasteiger partial charge in [-0.25, -0.2) is 9.59 Å². The maximum absolute atomic E-state index is 12.2. The summed E-state index contributed by atoms with van der Waals surface area (Å²) in [6.07, 6.45) is 0. The molecule has 2 aromatic carbocycles. The lowest BCUT2D eigenvalue weighted by Crippen LogP contribution is -2.14. The van der Waals surface area contributed by atoms with Crippen molar-refractivity contribution in [2.24, 2.45) is 0 Å². The number of aryl methyl sites for hydroxylation is 1. The zero-order valence-corrected chi connectivity index (χ0v) is 12.7. The number of aromatic carboxylic acids is 2. The third kappa shape index (κ3) is 3.49. The monoisotopic (exact) mass is 336 g/mol. The summed E-state index contributed by atoms with van der Waals surface area (Å²) >= 11 is 0. The van der Waals surface area contributed by atoms with Gasteiger partial charge in [-0.3, -0.25) is 0 Å². The van der Waals surface area contributed by atoms with Crippen LogP contribution in [0.4, 0.5) is 0 Å². The van der Waals surface area contributed by atoms with Gasteiger partial charge in [-0.1, -0.05) is 18.2 Å². The SMILES string of the molecule is Cc1ccccc1OS(=O)(=O)c1ccc(C(=O)O)c(C(=O)O)c1. The quantitative estimate of drug-likeness (QED) is 0.803. The molecule has 0 spiro atoms. The summed E-state index contributed by atoms with van der Waals surface area (Å²) < 4.78 is 29.5. The minimum atomic E-state index is -4.29. The smallest absolute Gasteiger partial charge is 0.339 e. The van der Waals surface area contributed by atoms with Gasteiger partial charge in [0.15, 0.2) is 0 Å². The van der Waals surface area contributed by atoms with Gasteiger partial charge in [-0.15, -0.1) is 0 Å². The number of benzene rings is 2. The van der Waals surface area contributed by atoms with E-state index >= 15 is 0 Å². The molecule has 0 saturated heterocycles. The largest absolute Gasteiger partial charge is 0.478 e. The second-order valence-corrected chi connectivity index (χ2v) is 6.17. The molecule has 0 aliphatic carbocycles. The minimum absolute atomic E-state index is 0.103. The highest BCUT2D eigenvalue weighted by Crippen LogP contribution is 2.23. The van der Waals surface area contributed by atoms with Crippen LogP contribution >= 0.6 is 0 Å². The first-order chi connectivity index (χ1) is 10.7. The van der Waals surface area contributed by atoms with Crippen LogP contribution in [0.25, 0.3) is 0 Å². The summed E-state index contributed by atoms with van der Waals surface area (Å²) in [7, 11) is -4.29. The third-order valence-electron chi connectivity index (χ3n) is 3.03. The number of carbonyl (C=O) groups is 2. The third-order valence-corrected chi connectivity index (χ3v) is 4.26. The highest BCUT2D eigenvalue weighted by molar-refractivity contribution is 7.87. The van der Waals surface area contributed by atoms with E-state index in [1.807, 2.05) is 0 Å². The maximum atomic E-state index is 12.2. The van der Waals surface area contributed by atoms with Crippen LogP contribution < -0.4 is 4.18 Å². The predicted molar refractivity (Wildman–Crippen MR) is 79.4 cm³/mol. The van der Waals surface area contributed by atoms with E-state index in [-0.39, 0.29) is 5.75 Å². The molecule has 0 aliphatic heterocycles. The number of rotatable bonds is 5. The minimum Gasteiger partial charge on any atom is -0.478 e. The van der Waals surface area contributed by atoms with Crippen molar-refractivity contribution in [2.75, 3.05) is 0 Å². The Morgan fingerprint density at radius 2 is 1.57 bits per heavy atom. The zero-order valence-electron chi connectivity index (χ0n) is 11.9. The standard InChI is InChI=1S/C15H12O7S/c1-9-4-2-3-5-13(9)22-23(20,21)10-6-7-11(14(16)17)12(8-10)15(18)19/h2-8H,1H3,(H,16,17)(H,18,19). The van der Waals surface area contributed by atoms with Gasteiger partial charge in [-0.05, 0) is 36.8 Å². The number of hydrogen-bond acceptors (Lipinski definition) is 5. The average Bonchev–Trinajstić information content (AvgIpc) is 2.48. The van der Waals surface area contributed by atoms with Gasteiger partial charge in [0.05, 0.1) is 11.1 Å². The van der Waals surface area contributed by atoms with Crippen LogP contribution in [0.1, 0.15) is 26.3 Å². The second kappa shape index (κ2) is 6.09. The summed E-state index contributed by atoms with van der Waals surface area (Å²) in [5.74, 6) is -2.91. The van der Waals surface area contributed by atoms with Crippen LogP contribution in [0.2, 0.25) is 0 Å². The van der Waals surface area contributed by atoms with Gasteiger partial charge in [-0.2, -0.15) is 8.42 Å². The first-order valence-electron chi connectivity index (χ1n) is 6.33. The van der Waals surface area contributed by atoms with Crippen molar-refractivity contribution in [1.29, 1.82) is 0 Å². The Morgan fingerprint density at radius 3 is 2.13 bits per heavy atom. The van der Waals surface area contributed by atoms with E-state index in [1.54, 1.807) is 25.1 Å². The summed E-state index contributed by atoms with van der Waals surface area (Å²) in [6, 6.07) is 9.08. The molecule has 0 bridgehead atoms. The number of carboxylic acid groups (broad SMARTS) is 2. The van der Waals surface area contributed by atoms with E-state index in [9.17, 15) is 18.0 Å². The fourth-order valence-electron chi connectivity index (χ4n) is 1.86. The molecule has 0 heterocycles. The Labute approximate surface area is 131 Å². The summed E-state index contributed by atoms with van der Waals surface area (Å²) in [5, 5.41) is 18.0. The summed E-state index contributed by atoms with van der Waals surface area (Å²) in [4.78, 5) is 21.7. The van der Waals surface area contributed by atoms with E-state index in [0.29, 0.717) is 5.56 Å². The molecule has 2 rings (SSSR count). The Kier molecular flexibility index (Phi) is 4.37. The van der Waals surface area contributed by atoms with E-state index < -0.39 is 38.1 Å². The second-order valence-electron chi connectivity index (χ2n) is 4.62. The van der Waals surface area contributed by atoms with Crippen molar-refractivity contribution in [3.05, 3.63) is 59.2 Å². The lowest BCUT2D eigenvalue weighted by atomic mass is 10.1. The van der Waals surface area contributed by atoms with Crippen LogP contribution in [-0.4, -0.2) is 30.6 Å². The molecular weight excluding hydrogens is 324 g/mol. The molecule has 0 fully saturated rings. The van der Waals surface area contributed by atoms with Gasteiger partial charge < -0.3 is 14.4 Å². The van der Waals surface area contributed by atoms with Crippen LogP contribution in [0.5, 0.6) is 5.75 Å². The Hall–Kier alpha value is -2.87. The highest BCUT2D eigenvalue weighted by atomic mass is 32.2. The Morgan fingerprint density at radius 1 is 0.957 bits per heavy atom. The highest BCUT2D eigenvalue weighted by Gasteiger charge is 2.23. The molecule has 0 aliphatic rings. The molecule has 7 nitrogen and oxygen atoms in total. The molecule has 0 atom stereocenters. The first-order valence-corrected chi connectivity index (χ1v) is 7.74. The van der Waals surface area contributed by atoms with Crippen molar-refractivity contribution in [3.63, 3.8) is 0 Å². The normalized spacial score (nSPS) is 11.0. The molecule has 0 amide bonds. The van der Waals surface area contributed by atoms with E-state index in [0.717, 1.165) is 18.2 Å². The molecule has 2 N–H and O–H groups in total. The topological polar surface area (TPSA) is 118 Å². The average molecular weight is 336 g/mol. The summed E-state index contributed by atoms with van der Waals surface area (Å²) in [5.41, 5.74) is -0.559. The van der Waals surface area contributed by atoms with E-state index in [4.69, 9.17) is 14.4 Å². The van der Waals surface area contributed by atoms with Gasteiger partial charge in [0.25, 0.3) is 0 Å². The van der Waals surface area contributed by atoms with Crippen LogP contribution in [0, 0.1) is 6.92 Å². The lowest BCUT2D eigenvalue weighted by Gasteiger charge is -2.10. The molecule has 8 heteroatoms. The number of para-hydroxylation sites is 1. The first kappa shape index (κ1) is 16.5. The van der Waals surface area contributed by atoms with E-state index in [1.165, 1.54) is 6.07 Å². The van der Waals surface area contributed by atoms with E-state index in [2.05, 4.69) is 0 Å². The van der Waals surface area contributed by atoms with Crippen molar-refractivity contribution in [1.82, 2.24) is 0 Å². The number of carboxylic acids is 2. The molecule has 120 valence electrons. The summed E-state index contributed by atoms with van der Waals surface area (Å²) in [6.45, 7) is 1.65. The van der Waals surface area contributed by atoms with Gasteiger partial charge >= 0.3 is 22.1 Å². The van der Waals surface area contributed by atoms with Crippen molar-refractivity contribution in [2.45, 2.75) is 11.8 Å². The molecule has 2 aromatic rings. The van der Waals surface area contributed by atoms with Gasteiger partial charge in [0.2, 0.25) is 0 Å². The molecule has 23 heavy (non-hydrogen) atoms. The Bertz CT molecular complexity index is 884. The molecule has 0 radical (unpaired) electrons. The maximum Gasteiger partial charge on any atom is 0.339 e. The van der Waals surface area contributed by atoms with Gasteiger partial charge in [0.1, 0.15) is 10.6 Å². The fourth-order valence-corrected chi connectivity index (χ4v) is 2.88. The Balaban J connectivity index is 2.48. The van der Waals surface area contributed by atoms with Crippen molar-refractivity contribution >= 4 is 22.1 Å².